The van der Waals surface area contributed by atoms with E-state index in [0.29, 0.717) is 18.5 Å². The zero-order valence-corrected chi connectivity index (χ0v) is 19.4. The van der Waals surface area contributed by atoms with Crippen LogP contribution >= 0.6 is 0 Å². The van der Waals surface area contributed by atoms with E-state index in [9.17, 15) is 0 Å². The Bertz CT molecular complexity index is 906. The van der Waals surface area contributed by atoms with Gasteiger partial charge in [-0.3, -0.25) is 4.90 Å². The Morgan fingerprint density at radius 2 is 1.97 bits per heavy atom. The second kappa shape index (κ2) is 10.0. The molecule has 5 rings (SSSR count). The van der Waals surface area contributed by atoms with Gasteiger partial charge in [0, 0.05) is 45.2 Å². The number of hydrogen-bond donors (Lipinski definition) is 1. The molecule has 3 aliphatic heterocycles. The lowest BCUT2D eigenvalue weighted by molar-refractivity contribution is 0.0372. The SMILES string of the molecule is CCNC(=NCc1nnc2n1CCCC2)N1CCC2C(CCCN2Cc2ccccc2)C1. The maximum atomic E-state index is 5.01. The monoisotopic (exact) mass is 435 g/mol. The molecule has 1 N–H and O–H groups in total. The average molecular weight is 436 g/mol. The van der Waals surface area contributed by atoms with Gasteiger partial charge < -0.3 is 14.8 Å². The Morgan fingerprint density at radius 1 is 1.06 bits per heavy atom. The fourth-order valence-corrected chi connectivity index (χ4v) is 5.77. The summed E-state index contributed by atoms with van der Waals surface area (Å²) in [5.74, 6) is 3.90. The lowest BCUT2D eigenvalue weighted by Gasteiger charge is -2.48. The molecule has 4 heterocycles. The minimum absolute atomic E-state index is 0.611. The Morgan fingerprint density at radius 3 is 2.84 bits per heavy atom. The van der Waals surface area contributed by atoms with Crippen molar-refractivity contribution in [1.29, 1.82) is 0 Å². The van der Waals surface area contributed by atoms with Gasteiger partial charge in [-0.1, -0.05) is 30.3 Å². The fourth-order valence-electron chi connectivity index (χ4n) is 5.77. The fraction of sp³-hybridized carbons (Fsp3) is 0.640. The summed E-state index contributed by atoms with van der Waals surface area (Å²) in [7, 11) is 0. The molecule has 2 aromatic rings. The minimum atomic E-state index is 0.611. The molecular weight excluding hydrogens is 398 g/mol. The molecule has 1 aromatic carbocycles. The molecule has 3 aliphatic rings. The zero-order valence-electron chi connectivity index (χ0n) is 19.4. The topological polar surface area (TPSA) is 61.6 Å². The first kappa shape index (κ1) is 21.4. The highest BCUT2D eigenvalue weighted by Crippen LogP contribution is 2.31. The molecule has 0 spiro atoms. The third-order valence-electron chi connectivity index (χ3n) is 7.35. The van der Waals surface area contributed by atoms with Gasteiger partial charge in [-0.2, -0.15) is 0 Å². The highest BCUT2D eigenvalue weighted by Gasteiger charge is 2.36. The molecule has 7 nitrogen and oxygen atoms in total. The summed E-state index contributed by atoms with van der Waals surface area (Å²) in [4.78, 5) is 10.2. The average Bonchev–Trinajstić information content (AvgIpc) is 3.25. The molecule has 0 radical (unpaired) electrons. The smallest absolute Gasteiger partial charge is 0.194 e. The molecule has 0 aliphatic carbocycles. The lowest BCUT2D eigenvalue weighted by atomic mass is 9.83. The zero-order chi connectivity index (χ0) is 21.8. The third-order valence-corrected chi connectivity index (χ3v) is 7.35. The lowest BCUT2D eigenvalue weighted by Crippen LogP contribution is -2.56. The number of guanidine groups is 1. The van der Waals surface area contributed by atoms with E-state index in [2.05, 4.69) is 67.1 Å². The van der Waals surface area contributed by atoms with Crippen LogP contribution in [0.4, 0.5) is 0 Å². The van der Waals surface area contributed by atoms with Crippen molar-refractivity contribution in [2.45, 2.75) is 71.1 Å². The molecule has 2 atom stereocenters. The molecule has 0 amide bonds. The second-order valence-corrected chi connectivity index (χ2v) is 9.47. The van der Waals surface area contributed by atoms with Gasteiger partial charge in [0.2, 0.25) is 0 Å². The maximum Gasteiger partial charge on any atom is 0.194 e. The highest BCUT2D eigenvalue weighted by molar-refractivity contribution is 5.80. The normalized spacial score (nSPS) is 24.2. The van der Waals surface area contributed by atoms with Crippen LogP contribution in [0.2, 0.25) is 0 Å². The van der Waals surface area contributed by atoms with E-state index in [1.54, 1.807) is 0 Å². The standard InChI is InChI=1S/C25H37N7/c1-2-26-25(27-17-24-29-28-23-12-6-7-15-32(23)24)31-16-13-22-21(19-31)11-8-14-30(22)18-20-9-4-3-5-10-20/h3-5,9-10,21-22H,2,6-8,11-19H2,1H3,(H,26,27). The summed E-state index contributed by atoms with van der Waals surface area (Å²) in [6, 6.07) is 11.6. The van der Waals surface area contributed by atoms with Gasteiger partial charge in [-0.25, -0.2) is 4.99 Å². The number of piperidine rings is 2. The van der Waals surface area contributed by atoms with Crippen LogP contribution < -0.4 is 5.32 Å². The molecule has 0 saturated carbocycles. The largest absolute Gasteiger partial charge is 0.357 e. The summed E-state index contributed by atoms with van der Waals surface area (Å²) < 4.78 is 2.28. The van der Waals surface area contributed by atoms with Crippen molar-refractivity contribution in [1.82, 2.24) is 29.9 Å². The third kappa shape index (κ3) is 4.68. The van der Waals surface area contributed by atoms with Gasteiger partial charge in [-0.05, 0) is 57.1 Å². The first-order valence-electron chi connectivity index (χ1n) is 12.5. The van der Waals surface area contributed by atoms with Crippen LogP contribution in [-0.2, 0) is 26.1 Å². The number of nitrogens with zero attached hydrogens (tertiary/aromatic N) is 6. The molecule has 172 valence electrons. The van der Waals surface area contributed by atoms with Gasteiger partial charge in [0.25, 0.3) is 0 Å². The van der Waals surface area contributed by atoms with Crippen LogP contribution in [0.25, 0.3) is 0 Å². The van der Waals surface area contributed by atoms with Gasteiger partial charge in [0.1, 0.15) is 12.4 Å². The number of likely N-dealkylation sites (tertiary alicyclic amines) is 2. The van der Waals surface area contributed by atoms with Crippen LogP contribution in [0.3, 0.4) is 0 Å². The van der Waals surface area contributed by atoms with Crippen molar-refractivity contribution in [3.63, 3.8) is 0 Å². The van der Waals surface area contributed by atoms with E-state index < -0.39 is 0 Å². The van der Waals surface area contributed by atoms with E-state index >= 15 is 0 Å². The second-order valence-electron chi connectivity index (χ2n) is 9.47. The van der Waals surface area contributed by atoms with E-state index in [1.165, 1.54) is 44.2 Å². The number of fused-ring (bicyclic) bond motifs is 2. The summed E-state index contributed by atoms with van der Waals surface area (Å²) >= 11 is 0. The first-order valence-corrected chi connectivity index (χ1v) is 12.5. The first-order chi connectivity index (χ1) is 15.8. The van der Waals surface area contributed by atoms with E-state index in [-0.39, 0.29) is 0 Å². The van der Waals surface area contributed by atoms with Crippen molar-refractivity contribution in [3.8, 4) is 0 Å². The van der Waals surface area contributed by atoms with Crippen molar-refractivity contribution >= 4 is 5.96 Å². The molecule has 32 heavy (non-hydrogen) atoms. The van der Waals surface area contributed by atoms with Crippen molar-refractivity contribution in [2.75, 3.05) is 26.2 Å². The molecular formula is C25H37N7. The van der Waals surface area contributed by atoms with Crippen LogP contribution in [0.1, 0.15) is 56.2 Å². The maximum absolute atomic E-state index is 5.01. The number of aryl methyl sites for hydroxylation is 1. The van der Waals surface area contributed by atoms with Crippen LogP contribution in [0.5, 0.6) is 0 Å². The van der Waals surface area contributed by atoms with Gasteiger partial charge in [0.05, 0.1) is 0 Å². The Hall–Kier alpha value is -2.41. The number of aromatic nitrogens is 3. The molecule has 2 unspecified atom stereocenters. The van der Waals surface area contributed by atoms with Gasteiger partial charge in [0.15, 0.2) is 11.8 Å². The number of hydrogen-bond acceptors (Lipinski definition) is 4. The Labute approximate surface area is 191 Å². The van der Waals surface area contributed by atoms with Crippen LogP contribution in [0.15, 0.2) is 35.3 Å². The summed E-state index contributed by atoms with van der Waals surface area (Å²) in [6.45, 7) is 9.16. The van der Waals surface area contributed by atoms with E-state index in [4.69, 9.17) is 4.99 Å². The van der Waals surface area contributed by atoms with Crippen molar-refractivity contribution in [2.24, 2.45) is 10.9 Å². The summed E-state index contributed by atoms with van der Waals surface area (Å²) in [5.41, 5.74) is 1.43. The molecule has 7 heteroatoms. The summed E-state index contributed by atoms with van der Waals surface area (Å²) in [5, 5.41) is 12.4. The molecule has 2 saturated heterocycles. The number of benzene rings is 1. The van der Waals surface area contributed by atoms with Crippen LogP contribution in [-0.4, -0.2) is 62.7 Å². The van der Waals surface area contributed by atoms with Crippen molar-refractivity contribution < 1.29 is 0 Å². The van der Waals surface area contributed by atoms with Gasteiger partial charge in [-0.15, -0.1) is 10.2 Å². The predicted molar refractivity (Wildman–Crippen MR) is 127 cm³/mol. The van der Waals surface area contributed by atoms with Crippen LogP contribution in [0, 0.1) is 5.92 Å². The number of aliphatic imine (C=N–C) groups is 1. The highest BCUT2D eigenvalue weighted by atomic mass is 15.3. The van der Waals surface area contributed by atoms with Crippen molar-refractivity contribution in [3.05, 3.63) is 47.5 Å². The Kier molecular flexibility index (Phi) is 6.72. The van der Waals surface area contributed by atoms with E-state index in [0.717, 1.165) is 56.8 Å². The van der Waals surface area contributed by atoms with Gasteiger partial charge >= 0.3 is 0 Å². The predicted octanol–water partition coefficient (Wildman–Crippen LogP) is 3.07. The minimum Gasteiger partial charge on any atom is -0.357 e. The molecule has 2 fully saturated rings. The molecule has 1 aromatic heterocycles. The molecule has 0 bridgehead atoms. The summed E-state index contributed by atoms with van der Waals surface area (Å²) in [6.07, 6.45) is 7.32. The van der Waals surface area contributed by atoms with E-state index in [1.807, 2.05) is 0 Å². The Balaban J connectivity index is 1.25. The number of nitrogens with one attached hydrogen (secondary N) is 1. The number of rotatable bonds is 5. The quantitative estimate of drug-likeness (QED) is 0.578.